The Balaban J connectivity index is 1.61. The van der Waals surface area contributed by atoms with Crippen LogP contribution >= 0.6 is 11.6 Å². The van der Waals surface area contributed by atoms with Gasteiger partial charge in [0, 0.05) is 22.9 Å². The maximum atomic E-state index is 12.6. The van der Waals surface area contributed by atoms with Gasteiger partial charge in [0.05, 0.1) is 16.0 Å². The van der Waals surface area contributed by atoms with Gasteiger partial charge in [0.25, 0.3) is 5.91 Å². The summed E-state index contributed by atoms with van der Waals surface area (Å²) in [5, 5.41) is 12.4. The summed E-state index contributed by atoms with van der Waals surface area (Å²) in [6.45, 7) is 3.82. The van der Waals surface area contributed by atoms with Crippen LogP contribution in [0.4, 0.5) is 5.69 Å². The number of aryl methyl sites for hydroxylation is 2. The van der Waals surface area contributed by atoms with Gasteiger partial charge in [-0.15, -0.1) is 0 Å². The average molecular weight is 448 g/mol. The molecule has 0 aliphatic heterocycles. The van der Waals surface area contributed by atoms with Crippen LogP contribution in [-0.2, 0) is 0 Å². The molecule has 0 spiro atoms. The van der Waals surface area contributed by atoms with Crippen LogP contribution in [0.25, 0.3) is 22.3 Å². The maximum absolute atomic E-state index is 12.6. The normalized spacial score (nSPS) is 10.8. The van der Waals surface area contributed by atoms with E-state index in [1.54, 1.807) is 30.3 Å². The topological polar surface area (TPSA) is 96.6 Å². The number of hydrogen-bond donors (Lipinski definition) is 2. The highest BCUT2D eigenvalue weighted by molar-refractivity contribution is 6.33. The molecular weight excluding hydrogens is 430 g/mol. The number of amides is 1. The van der Waals surface area contributed by atoms with Crippen LogP contribution < -0.4 is 10.7 Å². The predicted octanol–water partition coefficient (Wildman–Crippen LogP) is 5.68. The Bertz CT molecular complexity index is 1440. The number of fused-ring (bicyclic) bond motifs is 1. The lowest BCUT2D eigenvalue weighted by atomic mass is 10.1. The van der Waals surface area contributed by atoms with Crippen molar-refractivity contribution in [2.24, 2.45) is 0 Å². The molecular formula is C25H18ClNO5. The van der Waals surface area contributed by atoms with Crippen LogP contribution in [-0.4, -0.2) is 17.0 Å². The molecule has 160 valence electrons. The molecule has 0 aliphatic rings. The van der Waals surface area contributed by atoms with E-state index in [2.05, 4.69) is 5.32 Å². The summed E-state index contributed by atoms with van der Waals surface area (Å²) in [5.74, 6) is -1.19. The van der Waals surface area contributed by atoms with Crippen molar-refractivity contribution in [1.82, 2.24) is 0 Å². The van der Waals surface area contributed by atoms with Crippen molar-refractivity contribution in [3.05, 3.63) is 98.2 Å². The van der Waals surface area contributed by atoms with E-state index in [1.165, 1.54) is 24.3 Å². The molecule has 0 atom stereocenters. The zero-order valence-electron chi connectivity index (χ0n) is 17.2. The second-order valence-corrected chi connectivity index (χ2v) is 7.87. The minimum Gasteiger partial charge on any atom is -0.478 e. The second-order valence-electron chi connectivity index (χ2n) is 7.46. The van der Waals surface area contributed by atoms with Gasteiger partial charge in [0.1, 0.15) is 11.3 Å². The summed E-state index contributed by atoms with van der Waals surface area (Å²) >= 11 is 5.86. The standard InChI is InChI=1S/C25H18ClNO5/c1-13-9-14(2)23-19(10-13)21(28)12-22(32-23)15-3-5-16(6-4-15)24(29)27-17-7-8-20(26)18(11-17)25(30)31/h3-12H,1-2H3,(H,27,29)(H,30,31). The first kappa shape index (κ1) is 21.3. The van der Waals surface area contributed by atoms with Crippen LogP contribution in [0.1, 0.15) is 31.8 Å². The summed E-state index contributed by atoms with van der Waals surface area (Å²) in [4.78, 5) is 36.4. The number of nitrogens with one attached hydrogen (secondary N) is 1. The Hall–Kier alpha value is -3.90. The monoisotopic (exact) mass is 447 g/mol. The summed E-state index contributed by atoms with van der Waals surface area (Å²) < 4.78 is 5.99. The molecule has 0 radical (unpaired) electrons. The van der Waals surface area contributed by atoms with E-state index < -0.39 is 11.9 Å². The smallest absolute Gasteiger partial charge is 0.337 e. The SMILES string of the molecule is Cc1cc(C)c2oc(-c3ccc(C(=O)Nc4ccc(Cl)c(C(=O)O)c4)cc3)cc(=O)c2c1. The van der Waals surface area contributed by atoms with Crippen molar-refractivity contribution in [3.63, 3.8) is 0 Å². The van der Waals surface area contributed by atoms with E-state index in [4.69, 9.17) is 21.1 Å². The van der Waals surface area contributed by atoms with Crippen LogP contribution in [0.2, 0.25) is 5.02 Å². The summed E-state index contributed by atoms with van der Waals surface area (Å²) in [5.41, 5.74) is 3.49. The van der Waals surface area contributed by atoms with E-state index in [0.717, 1.165) is 11.1 Å². The molecule has 4 aromatic rings. The second kappa shape index (κ2) is 8.32. The third-order valence-electron chi connectivity index (χ3n) is 5.04. The predicted molar refractivity (Wildman–Crippen MR) is 124 cm³/mol. The number of benzene rings is 3. The number of carbonyl (C=O) groups excluding carboxylic acids is 1. The minimum absolute atomic E-state index is 0.0853. The quantitative estimate of drug-likeness (QED) is 0.419. The van der Waals surface area contributed by atoms with Crippen molar-refractivity contribution < 1.29 is 19.1 Å². The van der Waals surface area contributed by atoms with Gasteiger partial charge in [-0.25, -0.2) is 4.79 Å². The summed E-state index contributed by atoms with van der Waals surface area (Å²) in [6, 6.07) is 16.0. The lowest BCUT2D eigenvalue weighted by Gasteiger charge is -2.09. The summed E-state index contributed by atoms with van der Waals surface area (Å²) in [7, 11) is 0. The van der Waals surface area contributed by atoms with Gasteiger partial charge in [-0.05, 0) is 61.4 Å². The molecule has 0 fully saturated rings. The number of rotatable bonds is 4. The van der Waals surface area contributed by atoms with Crippen molar-refractivity contribution in [1.29, 1.82) is 0 Å². The third-order valence-corrected chi connectivity index (χ3v) is 5.37. The molecule has 0 bridgehead atoms. The van der Waals surface area contributed by atoms with Gasteiger partial charge >= 0.3 is 5.97 Å². The van der Waals surface area contributed by atoms with Gasteiger partial charge in [-0.3, -0.25) is 9.59 Å². The number of carboxylic acids is 1. The lowest BCUT2D eigenvalue weighted by Crippen LogP contribution is -2.12. The van der Waals surface area contributed by atoms with E-state index in [0.29, 0.717) is 33.5 Å². The number of hydrogen-bond acceptors (Lipinski definition) is 4. The van der Waals surface area contributed by atoms with Gasteiger partial charge in [0.15, 0.2) is 5.43 Å². The molecule has 1 aromatic heterocycles. The average Bonchev–Trinajstić information content (AvgIpc) is 2.75. The van der Waals surface area contributed by atoms with E-state index >= 15 is 0 Å². The van der Waals surface area contributed by atoms with Crippen molar-refractivity contribution in [3.8, 4) is 11.3 Å². The lowest BCUT2D eigenvalue weighted by molar-refractivity contribution is 0.0696. The Kier molecular flexibility index (Phi) is 5.55. The molecule has 0 saturated heterocycles. The van der Waals surface area contributed by atoms with Gasteiger partial charge in [-0.2, -0.15) is 0 Å². The number of carbonyl (C=O) groups is 2. The third kappa shape index (κ3) is 4.13. The molecule has 7 heteroatoms. The Morgan fingerprint density at radius 2 is 1.69 bits per heavy atom. The first-order valence-corrected chi connectivity index (χ1v) is 10.1. The molecule has 0 aliphatic carbocycles. The van der Waals surface area contributed by atoms with Crippen LogP contribution in [0.5, 0.6) is 0 Å². The zero-order chi connectivity index (χ0) is 23.0. The molecule has 3 aromatic carbocycles. The van der Waals surface area contributed by atoms with E-state index in [-0.39, 0.29) is 16.0 Å². The van der Waals surface area contributed by atoms with E-state index in [1.807, 2.05) is 19.9 Å². The first-order chi connectivity index (χ1) is 15.2. The molecule has 4 rings (SSSR count). The number of carboxylic acid groups (broad SMARTS) is 1. The molecule has 32 heavy (non-hydrogen) atoms. The van der Waals surface area contributed by atoms with Crippen LogP contribution in [0.15, 0.2) is 69.9 Å². The summed E-state index contributed by atoms with van der Waals surface area (Å²) in [6.07, 6.45) is 0. The highest BCUT2D eigenvalue weighted by atomic mass is 35.5. The molecule has 0 saturated carbocycles. The van der Waals surface area contributed by atoms with Gasteiger partial charge < -0.3 is 14.8 Å². The molecule has 0 unspecified atom stereocenters. The largest absolute Gasteiger partial charge is 0.478 e. The van der Waals surface area contributed by atoms with Crippen LogP contribution in [0, 0.1) is 13.8 Å². The van der Waals surface area contributed by atoms with E-state index in [9.17, 15) is 14.4 Å². The zero-order valence-corrected chi connectivity index (χ0v) is 18.0. The fourth-order valence-electron chi connectivity index (χ4n) is 3.51. The molecule has 6 nitrogen and oxygen atoms in total. The maximum Gasteiger partial charge on any atom is 0.337 e. The Morgan fingerprint density at radius 1 is 0.969 bits per heavy atom. The van der Waals surface area contributed by atoms with Gasteiger partial charge in [-0.1, -0.05) is 29.8 Å². The Morgan fingerprint density at radius 3 is 2.38 bits per heavy atom. The fraction of sp³-hybridized carbons (Fsp3) is 0.0800. The van der Waals surface area contributed by atoms with Crippen molar-refractivity contribution in [2.45, 2.75) is 13.8 Å². The van der Waals surface area contributed by atoms with Crippen molar-refractivity contribution >= 4 is 40.1 Å². The highest BCUT2D eigenvalue weighted by Gasteiger charge is 2.13. The van der Waals surface area contributed by atoms with Crippen molar-refractivity contribution in [2.75, 3.05) is 5.32 Å². The molecule has 1 heterocycles. The van der Waals surface area contributed by atoms with Crippen LogP contribution in [0.3, 0.4) is 0 Å². The molecule has 1 amide bonds. The molecule has 2 N–H and O–H groups in total. The number of aromatic carboxylic acids is 1. The number of halogens is 1. The fourth-order valence-corrected chi connectivity index (χ4v) is 3.71. The first-order valence-electron chi connectivity index (χ1n) is 9.72. The van der Waals surface area contributed by atoms with Gasteiger partial charge in [0.2, 0.25) is 0 Å². The highest BCUT2D eigenvalue weighted by Crippen LogP contribution is 2.26. The number of anilines is 1. The minimum atomic E-state index is -1.18. The Labute approximate surface area is 188 Å².